The van der Waals surface area contributed by atoms with Gasteiger partial charge in [-0.2, -0.15) is 13.2 Å². The minimum Gasteiger partial charge on any atom is -0.298 e. The second-order valence-electron chi connectivity index (χ2n) is 4.03. The van der Waals surface area contributed by atoms with Gasteiger partial charge in [0.1, 0.15) is 11.3 Å². The Balaban J connectivity index is 3.31. The number of alkyl halides is 3. The maximum Gasteiger partial charge on any atom is 0.422 e. The van der Waals surface area contributed by atoms with E-state index in [1.165, 1.54) is 12.1 Å². The van der Waals surface area contributed by atoms with Gasteiger partial charge in [0.2, 0.25) is 0 Å². The lowest BCUT2D eigenvalue weighted by Crippen LogP contribution is -2.36. The van der Waals surface area contributed by atoms with E-state index in [0.29, 0.717) is 0 Å². The molecule has 1 aromatic carbocycles. The molecule has 0 aliphatic heterocycles. The molecule has 1 rings (SSSR count). The lowest BCUT2D eigenvalue weighted by atomic mass is 10.1. The van der Waals surface area contributed by atoms with Gasteiger partial charge in [-0.15, -0.1) is 0 Å². The third kappa shape index (κ3) is 2.26. The van der Waals surface area contributed by atoms with E-state index in [4.69, 9.17) is 0 Å². The normalized spacial score (nSPS) is 13.0. The van der Waals surface area contributed by atoms with Crippen LogP contribution >= 0.6 is 0 Å². The molecule has 0 radical (unpaired) electrons. The first kappa shape index (κ1) is 11.0. The zero-order chi connectivity index (χ0) is 11.0. The Morgan fingerprint density at radius 3 is 1.86 bits per heavy atom. The number of rotatable bonds is 1. The molecule has 0 amide bonds. The number of halogens is 3. The molecule has 0 unspecified atom stereocenters. The summed E-state index contributed by atoms with van der Waals surface area (Å²) in [5.41, 5.74) is -0.285. The number of quaternary nitrogens is 1. The molecule has 14 heavy (non-hydrogen) atoms. The fourth-order valence-electron chi connectivity index (χ4n) is 1.30. The molecule has 0 heterocycles. The molecule has 0 fully saturated rings. The molecule has 0 spiro atoms. The van der Waals surface area contributed by atoms with E-state index in [1.807, 2.05) is 0 Å². The van der Waals surface area contributed by atoms with Gasteiger partial charge in [-0.05, 0) is 12.1 Å². The summed E-state index contributed by atoms with van der Waals surface area (Å²) < 4.78 is 37.9. The van der Waals surface area contributed by atoms with E-state index >= 15 is 0 Å². The van der Waals surface area contributed by atoms with Crippen molar-refractivity contribution in [2.45, 2.75) is 6.18 Å². The van der Waals surface area contributed by atoms with Crippen LogP contribution in [0.4, 0.5) is 18.9 Å². The highest BCUT2D eigenvalue weighted by atomic mass is 19.4. The lowest BCUT2D eigenvalue weighted by Gasteiger charge is -2.26. The quantitative estimate of drug-likeness (QED) is 0.617. The van der Waals surface area contributed by atoms with Crippen LogP contribution in [0.1, 0.15) is 5.56 Å². The Labute approximate surface area is 81.4 Å². The second kappa shape index (κ2) is 3.28. The minimum atomic E-state index is -4.28. The first-order chi connectivity index (χ1) is 6.23. The highest BCUT2D eigenvalue weighted by Crippen LogP contribution is 2.37. The lowest BCUT2D eigenvalue weighted by molar-refractivity contribution is -0.137. The topological polar surface area (TPSA) is 0 Å². The molecule has 78 valence electrons. The van der Waals surface area contributed by atoms with Crippen molar-refractivity contribution in [2.75, 3.05) is 21.1 Å². The molecule has 0 saturated heterocycles. The van der Waals surface area contributed by atoms with Crippen LogP contribution in [0.15, 0.2) is 24.3 Å². The third-order valence-electron chi connectivity index (χ3n) is 1.93. The zero-order valence-corrected chi connectivity index (χ0v) is 8.39. The van der Waals surface area contributed by atoms with Gasteiger partial charge in [0, 0.05) is 0 Å². The molecule has 0 aliphatic rings. The summed E-state index contributed by atoms with van der Waals surface area (Å²) in [5.74, 6) is 0. The van der Waals surface area contributed by atoms with Crippen LogP contribution in [0.2, 0.25) is 0 Å². The maximum absolute atomic E-state index is 12.6. The number of hydrogen-bond acceptors (Lipinski definition) is 0. The summed E-state index contributed by atoms with van der Waals surface area (Å²) in [6.45, 7) is 0. The van der Waals surface area contributed by atoms with Crippen molar-refractivity contribution >= 4 is 5.69 Å². The average Bonchev–Trinajstić information content (AvgIpc) is 2.01. The van der Waals surface area contributed by atoms with Gasteiger partial charge in [0.05, 0.1) is 21.1 Å². The van der Waals surface area contributed by atoms with Gasteiger partial charge in [0.15, 0.2) is 0 Å². The number of para-hydroxylation sites is 1. The Morgan fingerprint density at radius 2 is 1.50 bits per heavy atom. The van der Waals surface area contributed by atoms with E-state index in [-0.39, 0.29) is 10.2 Å². The van der Waals surface area contributed by atoms with Gasteiger partial charge in [0.25, 0.3) is 0 Å². The number of nitrogens with zero attached hydrogens (tertiary/aromatic N) is 1. The smallest absolute Gasteiger partial charge is 0.298 e. The van der Waals surface area contributed by atoms with Gasteiger partial charge in [-0.25, -0.2) is 0 Å². The summed E-state index contributed by atoms with van der Waals surface area (Å²) in [6.07, 6.45) is -4.28. The van der Waals surface area contributed by atoms with Gasteiger partial charge >= 0.3 is 6.18 Å². The molecule has 1 aromatic rings. The van der Waals surface area contributed by atoms with E-state index in [2.05, 4.69) is 0 Å². The molecular formula is C10H13F3N+. The van der Waals surface area contributed by atoms with Crippen LogP contribution < -0.4 is 4.48 Å². The van der Waals surface area contributed by atoms with Crippen LogP contribution in [0.25, 0.3) is 0 Å². The SMILES string of the molecule is C[N+](C)(C)c1ccccc1C(F)(F)F. The van der Waals surface area contributed by atoms with Crippen molar-refractivity contribution in [3.63, 3.8) is 0 Å². The van der Waals surface area contributed by atoms with Crippen molar-refractivity contribution < 1.29 is 13.2 Å². The monoisotopic (exact) mass is 204 g/mol. The fourth-order valence-corrected chi connectivity index (χ4v) is 1.30. The standard InChI is InChI=1S/C10H13F3N/c1-14(2,3)9-7-5-4-6-8(9)10(11,12)13/h4-7H,1-3H3/q+1. The molecule has 0 atom stereocenters. The summed E-state index contributed by atoms with van der Waals surface area (Å²) in [6, 6.07) is 5.64. The van der Waals surface area contributed by atoms with Gasteiger partial charge < -0.3 is 0 Å². The first-order valence-electron chi connectivity index (χ1n) is 4.21. The van der Waals surface area contributed by atoms with Crippen LogP contribution in [-0.2, 0) is 6.18 Å². The third-order valence-corrected chi connectivity index (χ3v) is 1.93. The van der Waals surface area contributed by atoms with Crippen LogP contribution in [0.3, 0.4) is 0 Å². The largest absolute Gasteiger partial charge is 0.422 e. The van der Waals surface area contributed by atoms with Crippen molar-refractivity contribution in [3.05, 3.63) is 29.8 Å². The number of hydrogen-bond donors (Lipinski definition) is 0. The second-order valence-corrected chi connectivity index (χ2v) is 4.03. The molecule has 1 nitrogen and oxygen atoms in total. The summed E-state index contributed by atoms with van der Waals surface area (Å²) >= 11 is 0. The summed E-state index contributed by atoms with van der Waals surface area (Å²) in [5, 5.41) is 0. The predicted molar refractivity (Wildman–Crippen MR) is 51.0 cm³/mol. The Bertz CT molecular complexity index is 290. The van der Waals surface area contributed by atoms with E-state index in [9.17, 15) is 13.2 Å². The highest BCUT2D eigenvalue weighted by molar-refractivity contribution is 5.50. The Kier molecular flexibility index (Phi) is 2.58. The van der Waals surface area contributed by atoms with Crippen molar-refractivity contribution in [3.8, 4) is 0 Å². The van der Waals surface area contributed by atoms with Gasteiger partial charge in [-0.3, -0.25) is 4.48 Å². The Hall–Kier alpha value is -1.03. The van der Waals surface area contributed by atoms with Crippen LogP contribution in [0.5, 0.6) is 0 Å². The molecule has 0 N–H and O–H groups in total. The highest BCUT2D eigenvalue weighted by Gasteiger charge is 2.37. The summed E-state index contributed by atoms with van der Waals surface area (Å²) in [7, 11) is 5.14. The van der Waals surface area contributed by atoms with E-state index in [0.717, 1.165) is 6.07 Å². The molecule has 4 heteroatoms. The predicted octanol–water partition coefficient (Wildman–Crippen LogP) is 2.90. The van der Waals surface area contributed by atoms with Crippen LogP contribution in [-0.4, -0.2) is 21.1 Å². The molecule has 0 saturated carbocycles. The van der Waals surface area contributed by atoms with Crippen LogP contribution in [0, 0.1) is 0 Å². The average molecular weight is 204 g/mol. The van der Waals surface area contributed by atoms with Gasteiger partial charge in [-0.1, -0.05) is 12.1 Å². The Morgan fingerprint density at radius 1 is 1.00 bits per heavy atom. The molecule has 0 bridgehead atoms. The van der Waals surface area contributed by atoms with Crippen molar-refractivity contribution in [2.24, 2.45) is 0 Å². The van der Waals surface area contributed by atoms with E-state index in [1.54, 1.807) is 27.2 Å². The van der Waals surface area contributed by atoms with E-state index < -0.39 is 11.7 Å². The van der Waals surface area contributed by atoms with Crippen molar-refractivity contribution in [1.82, 2.24) is 4.48 Å². The number of benzene rings is 1. The molecule has 0 aliphatic carbocycles. The first-order valence-corrected chi connectivity index (χ1v) is 4.21. The molecular weight excluding hydrogens is 191 g/mol. The van der Waals surface area contributed by atoms with Crippen molar-refractivity contribution in [1.29, 1.82) is 0 Å². The fraction of sp³-hybridized carbons (Fsp3) is 0.400. The molecule has 0 aromatic heterocycles. The maximum atomic E-state index is 12.6. The minimum absolute atomic E-state index is 0.162. The summed E-state index contributed by atoms with van der Waals surface area (Å²) in [4.78, 5) is 0. The zero-order valence-electron chi connectivity index (χ0n) is 8.39.